The second kappa shape index (κ2) is 6.50. The molecule has 0 aliphatic heterocycles. The smallest absolute Gasteiger partial charge is 0.434 e. The minimum absolute atomic E-state index is 0.254. The number of ether oxygens (including phenoxy) is 1. The van der Waals surface area contributed by atoms with Crippen LogP contribution in [0.5, 0.6) is 5.88 Å². The van der Waals surface area contributed by atoms with Crippen LogP contribution in [-0.4, -0.2) is 30.0 Å². The Balaban J connectivity index is 2.98. The van der Waals surface area contributed by atoms with Crippen molar-refractivity contribution in [3.8, 4) is 5.88 Å². The number of alkyl halides is 6. The van der Waals surface area contributed by atoms with Crippen molar-refractivity contribution in [1.29, 1.82) is 0 Å². The first-order valence-electron chi connectivity index (χ1n) is 6.05. The van der Waals surface area contributed by atoms with Crippen molar-refractivity contribution >= 4 is 0 Å². The third kappa shape index (κ3) is 5.07. The second-order valence-corrected chi connectivity index (χ2v) is 4.29. The van der Waals surface area contributed by atoms with E-state index in [-0.39, 0.29) is 6.04 Å². The Morgan fingerprint density at radius 1 is 1.19 bits per heavy atom. The number of hydrogen-bond acceptors (Lipinski definition) is 3. The van der Waals surface area contributed by atoms with E-state index in [0.29, 0.717) is 12.1 Å². The summed E-state index contributed by atoms with van der Waals surface area (Å²) < 4.78 is 78.4. The molecule has 0 bridgehead atoms. The quantitative estimate of drug-likeness (QED) is 0.843. The van der Waals surface area contributed by atoms with Crippen molar-refractivity contribution in [2.45, 2.75) is 38.3 Å². The zero-order valence-electron chi connectivity index (χ0n) is 11.2. The van der Waals surface area contributed by atoms with Crippen molar-refractivity contribution in [2.75, 3.05) is 6.54 Å². The molecule has 0 aromatic carbocycles. The standard InChI is InChI=1S/C12H14F6N2O/c1-3-19-7(2)8-4-5-20-9(6-8)21-10(11(13,14)15)12(16,17)18/h4-7,10,19H,3H2,1-2H3. The maximum atomic E-state index is 12.4. The number of hydrogen-bond donors (Lipinski definition) is 1. The molecular weight excluding hydrogens is 302 g/mol. The minimum atomic E-state index is -5.57. The molecule has 0 spiro atoms. The lowest BCUT2D eigenvalue weighted by atomic mass is 10.1. The van der Waals surface area contributed by atoms with Crippen LogP contribution < -0.4 is 10.1 Å². The van der Waals surface area contributed by atoms with Crippen molar-refractivity contribution in [2.24, 2.45) is 0 Å². The molecule has 1 rings (SSSR count). The summed E-state index contributed by atoms with van der Waals surface area (Å²) in [6.45, 7) is 4.12. The van der Waals surface area contributed by atoms with Crippen LogP contribution in [-0.2, 0) is 0 Å². The van der Waals surface area contributed by atoms with Gasteiger partial charge < -0.3 is 10.1 Å². The summed E-state index contributed by atoms with van der Waals surface area (Å²) in [6.07, 6.45) is -13.9. The van der Waals surface area contributed by atoms with Crippen LogP contribution in [0, 0.1) is 0 Å². The number of halogens is 6. The van der Waals surface area contributed by atoms with E-state index >= 15 is 0 Å². The van der Waals surface area contributed by atoms with Crippen LogP contribution in [0.1, 0.15) is 25.5 Å². The highest BCUT2D eigenvalue weighted by molar-refractivity contribution is 5.23. The van der Waals surface area contributed by atoms with E-state index in [1.807, 2.05) is 6.92 Å². The van der Waals surface area contributed by atoms with Gasteiger partial charge in [0.25, 0.3) is 6.10 Å². The van der Waals surface area contributed by atoms with Gasteiger partial charge >= 0.3 is 12.4 Å². The predicted molar refractivity (Wildman–Crippen MR) is 62.9 cm³/mol. The lowest BCUT2D eigenvalue weighted by molar-refractivity contribution is -0.300. The molecule has 0 aliphatic carbocycles. The molecule has 0 amide bonds. The molecule has 1 atom stereocenters. The summed E-state index contributed by atoms with van der Waals surface area (Å²) in [5.41, 5.74) is 0.477. The first-order valence-corrected chi connectivity index (χ1v) is 6.05. The first kappa shape index (κ1) is 17.5. The average molecular weight is 316 g/mol. The Bertz CT molecular complexity index is 446. The van der Waals surface area contributed by atoms with Gasteiger partial charge in [0, 0.05) is 18.3 Å². The van der Waals surface area contributed by atoms with Gasteiger partial charge in [-0.2, -0.15) is 26.3 Å². The van der Waals surface area contributed by atoms with E-state index in [2.05, 4.69) is 15.0 Å². The van der Waals surface area contributed by atoms with Crippen LogP contribution >= 0.6 is 0 Å². The predicted octanol–water partition coefficient (Wildman–Crippen LogP) is 3.62. The summed E-state index contributed by atoms with van der Waals surface area (Å²) in [6, 6.07) is 2.28. The Labute approximate surface area is 117 Å². The Kier molecular flexibility index (Phi) is 5.43. The summed E-state index contributed by atoms with van der Waals surface area (Å²) in [4.78, 5) is 3.40. The number of aromatic nitrogens is 1. The molecule has 3 nitrogen and oxygen atoms in total. The molecule has 0 saturated carbocycles. The number of rotatable bonds is 5. The fraction of sp³-hybridized carbons (Fsp3) is 0.583. The van der Waals surface area contributed by atoms with Crippen LogP contribution in [0.15, 0.2) is 18.3 Å². The van der Waals surface area contributed by atoms with E-state index in [1.54, 1.807) is 6.92 Å². The van der Waals surface area contributed by atoms with Gasteiger partial charge in [0.15, 0.2) is 0 Å². The van der Waals surface area contributed by atoms with E-state index in [0.717, 1.165) is 12.3 Å². The zero-order valence-corrected chi connectivity index (χ0v) is 11.2. The molecule has 0 saturated heterocycles. The third-order valence-electron chi connectivity index (χ3n) is 2.60. The van der Waals surface area contributed by atoms with Gasteiger partial charge in [-0.1, -0.05) is 6.92 Å². The molecule has 120 valence electrons. The van der Waals surface area contributed by atoms with Crippen LogP contribution in [0.3, 0.4) is 0 Å². The molecule has 1 unspecified atom stereocenters. The Morgan fingerprint density at radius 3 is 2.24 bits per heavy atom. The molecular formula is C12H14F6N2O. The average Bonchev–Trinajstić information content (AvgIpc) is 2.34. The summed E-state index contributed by atoms with van der Waals surface area (Å²) in [7, 11) is 0. The van der Waals surface area contributed by atoms with E-state index in [4.69, 9.17) is 0 Å². The molecule has 1 N–H and O–H groups in total. The van der Waals surface area contributed by atoms with Gasteiger partial charge in [0.2, 0.25) is 5.88 Å². The molecule has 0 aliphatic rings. The lowest BCUT2D eigenvalue weighted by Crippen LogP contribution is -2.46. The van der Waals surface area contributed by atoms with Gasteiger partial charge in [-0.05, 0) is 25.1 Å². The molecule has 1 aromatic heterocycles. The van der Waals surface area contributed by atoms with E-state index < -0.39 is 24.3 Å². The topological polar surface area (TPSA) is 34.2 Å². The van der Waals surface area contributed by atoms with Crippen molar-refractivity contribution < 1.29 is 31.1 Å². The highest BCUT2D eigenvalue weighted by atomic mass is 19.4. The Morgan fingerprint density at radius 2 is 1.76 bits per heavy atom. The number of nitrogens with zero attached hydrogens (tertiary/aromatic N) is 1. The third-order valence-corrected chi connectivity index (χ3v) is 2.60. The molecule has 0 radical (unpaired) electrons. The highest BCUT2D eigenvalue weighted by Gasteiger charge is 2.59. The maximum absolute atomic E-state index is 12.4. The molecule has 1 heterocycles. The van der Waals surface area contributed by atoms with Gasteiger partial charge in [0.05, 0.1) is 0 Å². The maximum Gasteiger partial charge on any atom is 0.434 e. The summed E-state index contributed by atoms with van der Waals surface area (Å²) in [5.74, 6) is -0.725. The molecule has 1 aromatic rings. The van der Waals surface area contributed by atoms with E-state index in [1.165, 1.54) is 6.07 Å². The second-order valence-electron chi connectivity index (χ2n) is 4.29. The van der Waals surface area contributed by atoms with Gasteiger partial charge in [-0.25, -0.2) is 4.98 Å². The van der Waals surface area contributed by atoms with Crippen molar-refractivity contribution in [3.05, 3.63) is 23.9 Å². The largest absolute Gasteiger partial charge is 0.455 e. The summed E-state index contributed by atoms with van der Waals surface area (Å²) in [5, 5.41) is 2.98. The Hall–Kier alpha value is -1.51. The first-order chi connectivity index (χ1) is 9.55. The van der Waals surface area contributed by atoms with E-state index in [9.17, 15) is 26.3 Å². The van der Waals surface area contributed by atoms with Crippen molar-refractivity contribution in [3.63, 3.8) is 0 Å². The normalized spacial score (nSPS) is 14.3. The molecule has 21 heavy (non-hydrogen) atoms. The number of pyridine rings is 1. The SMILES string of the molecule is CCNC(C)c1ccnc(OC(C(F)(F)F)C(F)(F)F)c1. The molecule has 9 heteroatoms. The van der Waals surface area contributed by atoms with Crippen LogP contribution in [0.4, 0.5) is 26.3 Å². The summed E-state index contributed by atoms with van der Waals surface area (Å²) >= 11 is 0. The van der Waals surface area contributed by atoms with Gasteiger partial charge in [-0.15, -0.1) is 0 Å². The zero-order chi connectivity index (χ0) is 16.3. The van der Waals surface area contributed by atoms with Crippen molar-refractivity contribution in [1.82, 2.24) is 10.3 Å². The van der Waals surface area contributed by atoms with Crippen LogP contribution in [0.25, 0.3) is 0 Å². The monoisotopic (exact) mass is 316 g/mol. The minimum Gasteiger partial charge on any atom is -0.455 e. The number of nitrogens with one attached hydrogen (secondary N) is 1. The molecule has 0 fully saturated rings. The lowest BCUT2D eigenvalue weighted by Gasteiger charge is -2.23. The highest BCUT2D eigenvalue weighted by Crippen LogP contribution is 2.36. The van der Waals surface area contributed by atoms with Gasteiger partial charge in [0.1, 0.15) is 0 Å². The fourth-order valence-electron chi connectivity index (χ4n) is 1.62. The van der Waals surface area contributed by atoms with Gasteiger partial charge in [-0.3, -0.25) is 0 Å². The fourth-order valence-corrected chi connectivity index (χ4v) is 1.62. The van der Waals surface area contributed by atoms with Crippen LogP contribution in [0.2, 0.25) is 0 Å².